The maximum Gasteiger partial charge on any atom is 0.247 e. The van der Waals surface area contributed by atoms with Crippen LogP contribution in [0.1, 0.15) is 20.8 Å². The Balaban J connectivity index is 2.49. The van der Waals surface area contributed by atoms with Gasteiger partial charge in [-0.15, -0.1) is 0 Å². The Morgan fingerprint density at radius 3 is 2.07 bits per heavy atom. The first kappa shape index (κ1) is 11.2. The monoisotopic (exact) mass is 217 g/mol. The van der Waals surface area contributed by atoms with Gasteiger partial charge in [-0.25, -0.2) is 8.42 Å². The molecule has 0 saturated carbocycles. The predicted octanol–water partition coefficient (Wildman–Crippen LogP) is 0.256. The van der Waals surface area contributed by atoms with Crippen molar-refractivity contribution in [3.8, 4) is 0 Å². The van der Waals surface area contributed by atoms with Gasteiger partial charge in [-0.3, -0.25) is 4.79 Å². The van der Waals surface area contributed by atoms with Gasteiger partial charge in [0.05, 0.1) is 17.5 Å². The van der Waals surface area contributed by atoms with Crippen LogP contribution in [0.4, 0.5) is 0 Å². The summed E-state index contributed by atoms with van der Waals surface area (Å²) in [5.41, 5.74) is 1.61. The van der Waals surface area contributed by atoms with E-state index in [1.54, 1.807) is 6.92 Å². The molecule has 80 valence electrons. The van der Waals surface area contributed by atoms with Crippen molar-refractivity contribution in [2.45, 2.75) is 26.8 Å². The fourth-order valence-electron chi connectivity index (χ4n) is 1.17. The van der Waals surface area contributed by atoms with E-state index in [-0.39, 0.29) is 23.5 Å². The number of carbonyl (C=O) groups excluding carboxylic acids is 1. The van der Waals surface area contributed by atoms with Gasteiger partial charge in [0.15, 0.2) is 9.84 Å². The highest BCUT2D eigenvalue weighted by atomic mass is 32.2. The molecule has 1 aliphatic rings. The van der Waals surface area contributed by atoms with Crippen molar-refractivity contribution in [1.82, 2.24) is 5.32 Å². The molecule has 1 fully saturated rings. The van der Waals surface area contributed by atoms with E-state index in [4.69, 9.17) is 0 Å². The molecule has 5 heteroatoms. The molecule has 0 aliphatic carbocycles. The van der Waals surface area contributed by atoms with Crippen LogP contribution in [0.5, 0.6) is 0 Å². The minimum atomic E-state index is -2.85. The number of amides is 1. The molecule has 14 heavy (non-hydrogen) atoms. The summed E-state index contributed by atoms with van der Waals surface area (Å²) in [4.78, 5) is 11.4. The molecule has 1 heterocycles. The van der Waals surface area contributed by atoms with Crippen LogP contribution in [0.3, 0.4) is 0 Å². The molecule has 0 aromatic heterocycles. The molecule has 1 N–H and O–H groups in total. The smallest absolute Gasteiger partial charge is 0.247 e. The normalized spacial score (nSPS) is 19.6. The number of sulfone groups is 1. The van der Waals surface area contributed by atoms with Crippen LogP contribution in [0.15, 0.2) is 11.1 Å². The topological polar surface area (TPSA) is 63.2 Å². The highest BCUT2D eigenvalue weighted by Gasteiger charge is 2.34. The SMILES string of the molecule is CC(C)=C(C)C(=O)NC1CS(=O)(=O)C1. The Labute approximate surface area is 84.3 Å². The first-order valence-electron chi connectivity index (χ1n) is 4.47. The molecule has 1 saturated heterocycles. The van der Waals surface area contributed by atoms with E-state index in [0.717, 1.165) is 5.57 Å². The molecule has 0 unspecified atom stereocenters. The third-order valence-corrected chi connectivity index (χ3v) is 4.16. The van der Waals surface area contributed by atoms with Crippen molar-refractivity contribution in [2.75, 3.05) is 11.5 Å². The van der Waals surface area contributed by atoms with Crippen LogP contribution in [0.25, 0.3) is 0 Å². The fraction of sp³-hybridized carbons (Fsp3) is 0.667. The molecule has 1 rings (SSSR count). The summed E-state index contributed by atoms with van der Waals surface area (Å²) in [6.07, 6.45) is 0. The van der Waals surface area contributed by atoms with E-state index in [9.17, 15) is 13.2 Å². The molecule has 1 aliphatic heterocycles. The number of allylic oxidation sites excluding steroid dienone is 1. The maximum absolute atomic E-state index is 11.4. The van der Waals surface area contributed by atoms with Gasteiger partial charge in [-0.05, 0) is 20.8 Å². The van der Waals surface area contributed by atoms with Crippen molar-refractivity contribution >= 4 is 15.7 Å². The third-order valence-electron chi connectivity index (χ3n) is 2.34. The minimum absolute atomic E-state index is 0.0782. The molecule has 1 amide bonds. The first-order valence-corrected chi connectivity index (χ1v) is 6.29. The summed E-state index contributed by atoms with van der Waals surface area (Å²) in [7, 11) is -2.85. The second-order valence-corrected chi connectivity index (χ2v) is 6.03. The zero-order valence-electron chi connectivity index (χ0n) is 8.62. The van der Waals surface area contributed by atoms with Gasteiger partial charge in [0.1, 0.15) is 0 Å². The van der Waals surface area contributed by atoms with Gasteiger partial charge in [-0.1, -0.05) is 5.57 Å². The largest absolute Gasteiger partial charge is 0.348 e. The molecule has 0 bridgehead atoms. The zero-order chi connectivity index (χ0) is 10.9. The third kappa shape index (κ3) is 2.57. The van der Waals surface area contributed by atoms with E-state index in [2.05, 4.69) is 5.32 Å². The first-order chi connectivity index (χ1) is 6.32. The van der Waals surface area contributed by atoms with Crippen LogP contribution in [-0.4, -0.2) is 31.9 Å². The molecule has 4 nitrogen and oxygen atoms in total. The average molecular weight is 217 g/mol. The van der Waals surface area contributed by atoms with Crippen LogP contribution in [-0.2, 0) is 14.6 Å². The summed E-state index contributed by atoms with van der Waals surface area (Å²) in [5, 5.41) is 2.68. The fourth-order valence-corrected chi connectivity index (χ4v) is 2.46. The van der Waals surface area contributed by atoms with Crippen molar-refractivity contribution in [1.29, 1.82) is 0 Å². The summed E-state index contributed by atoms with van der Waals surface area (Å²) >= 11 is 0. The van der Waals surface area contributed by atoms with E-state index in [0.29, 0.717) is 5.57 Å². The van der Waals surface area contributed by atoms with Gasteiger partial charge in [-0.2, -0.15) is 0 Å². The number of nitrogens with one attached hydrogen (secondary N) is 1. The summed E-state index contributed by atoms with van der Waals surface area (Å²) < 4.78 is 21.6. The lowest BCUT2D eigenvalue weighted by Gasteiger charge is -2.26. The van der Waals surface area contributed by atoms with Crippen LogP contribution < -0.4 is 5.32 Å². The highest BCUT2D eigenvalue weighted by molar-refractivity contribution is 7.92. The molecule has 0 aromatic rings. The Kier molecular flexibility index (Phi) is 2.99. The van der Waals surface area contributed by atoms with Crippen molar-refractivity contribution in [3.63, 3.8) is 0 Å². The quantitative estimate of drug-likeness (QED) is 0.675. The lowest BCUT2D eigenvalue weighted by molar-refractivity contribution is -0.118. The van der Waals surface area contributed by atoms with Gasteiger partial charge >= 0.3 is 0 Å². The summed E-state index contributed by atoms with van der Waals surface area (Å²) in [6.45, 7) is 5.44. The maximum atomic E-state index is 11.4. The Bertz CT molecular complexity index is 365. The minimum Gasteiger partial charge on any atom is -0.348 e. The van der Waals surface area contributed by atoms with E-state index in [1.165, 1.54) is 0 Å². The van der Waals surface area contributed by atoms with Gasteiger partial charge < -0.3 is 5.32 Å². The molecule has 0 atom stereocenters. The molecular formula is C9H15NO3S. The molecule has 0 radical (unpaired) electrons. The Morgan fingerprint density at radius 2 is 1.71 bits per heavy atom. The second-order valence-electron chi connectivity index (χ2n) is 3.87. The average Bonchev–Trinajstić information content (AvgIpc) is 1.99. The number of hydrogen-bond acceptors (Lipinski definition) is 3. The number of carbonyl (C=O) groups is 1. The number of hydrogen-bond donors (Lipinski definition) is 1. The van der Waals surface area contributed by atoms with Crippen LogP contribution in [0.2, 0.25) is 0 Å². The highest BCUT2D eigenvalue weighted by Crippen LogP contribution is 2.11. The molecule has 0 aromatic carbocycles. The Hall–Kier alpha value is -0.840. The van der Waals surface area contributed by atoms with Crippen LogP contribution >= 0.6 is 0 Å². The van der Waals surface area contributed by atoms with Crippen LogP contribution in [0, 0.1) is 0 Å². The lowest BCUT2D eigenvalue weighted by atomic mass is 10.1. The lowest BCUT2D eigenvalue weighted by Crippen LogP contribution is -2.53. The van der Waals surface area contributed by atoms with Crippen molar-refractivity contribution in [3.05, 3.63) is 11.1 Å². The number of rotatable bonds is 2. The molecule has 0 spiro atoms. The summed E-state index contributed by atoms with van der Waals surface area (Å²) in [6, 6.07) is -0.193. The van der Waals surface area contributed by atoms with Gasteiger partial charge in [0, 0.05) is 5.57 Å². The standard InChI is InChI=1S/C9H15NO3S/c1-6(2)7(3)9(11)10-8-4-14(12,13)5-8/h8H,4-5H2,1-3H3,(H,10,11). The Morgan fingerprint density at radius 1 is 1.21 bits per heavy atom. The summed E-state index contributed by atoms with van der Waals surface area (Å²) in [5.74, 6) is -0.00582. The molecular weight excluding hydrogens is 202 g/mol. The van der Waals surface area contributed by atoms with Crippen molar-refractivity contribution in [2.24, 2.45) is 0 Å². The van der Waals surface area contributed by atoms with E-state index >= 15 is 0 Å². The van der Waals surface area contributed by atoms with E-state index in [1.807, 2.05) is 13.8 Å². The van der Waals surface area contributed by atoms with Crippen molar-refractivity contribution < 1.29 is 13.2 Å². The predicted molar refractivity (Wildman–Crippen MR) is 54.6 cm³/mol. The zero-order valence-corrected chi connectivity index (χ0v) is 9.44. The van der Waals surface area contributed by atoms with Gasteiger partial charge in [0.2, 0.25) is 5.91 Å². The van der Waals surface area contributed by atoms with Gasteiger partial charge in [0.25, 0.3) is 0 Å². The van der Waals surface area contributed by atoms with E-state index < -0.39 is 9.84 Å². The second kappa shape index (κ2) is 3.73.